The van der Waals surface area contributed by atoms with Crippen LogP contribution in [0.5, 0.6) is 5.75 Å². The van der Waals surface area contributed by atoms with E-state index in [2.05, 4.69) is 25.3 Å². The summed E-state index contributed by atoms with van der Waals surface area (Å²) >= 11 is 0. The van der Waals surface area contributed by atoms with E-state index in [1.807, 2.05) is 44.7 Å². The van der Waals surface area contributed by atoms with Crippen LogP contribution in [0.3, 0.4) is 0 Å². The van der Waals surface area contributed by atoms with Crippen LogP contribution in [0, 0.1) is 17.3 Å². The summed E-state index contributed by atoms with van der Waals surface area (Å²) in [5, 5.41) is 16.3. The largest absolute Gasteiger partial charge is 0.573 e. The number of hydrogen-bond donors (Lipinski definition) is 4. The van der Waals surface area contributed by atoms with Crippen molar-refractivity contribution < 1.29 is 46.9 Å². The average molecular weight is 891 g/mol. The molecule has 1 unspecified atom stereocenters. The number of hydrogen-bond acceptors (Lipinski definition) is 8. The van der Waals surface area contributed by atoms with E-state index < -0.39 is 41.7 Å². The maximum atomic E-state index is 14.1. The molecule has 1 aromatic heterocycles. The number of likely N-dealkylation sites (tertiary alicyclic amines) is 2. The van der Waals surface area contributed by atoms with Gasteiger partial charge in [-0.05, 0) is 79.2 Å². The molecule has 3 aromatic carbocycles. The number of halogens is 3. The van der Waals surface area contributed by atoms with E-state index >= 15 is 0 Å². The third-order valence-electron chi connectivity index (χ3n) is 13.2. The van der Waals surface area contributed by atoms with Gasteiger partial charge in [-0.15, -0.1) is 13.2 Å². The monoisotopic (exact) mass is 890 g/mol. The van der Waals surface area contributed by atoms with Crippen LogP contribution in [0.2, 0.25) is 0 Å². The summed E-state index contributed by atoms with van der Waals surface area (Å²) in [4.78, 5) is 68.0. The first kappa shape index (κ1) is 45.0. The fraction of sp³-hybridized carbons (Fsp3) is 0.543. The average Bonchev–Trinajstić information content (AvgIpc) is 3.88. The number of H-pyrrole nitrogens is 1. The topological polar surface area (TPSA) is 173 Å². The zero-order valence-electron chi connectivity index (χ0n) is 36.7. The lowest BCUT2D eigenvalue weighted by atomic mass is 9.90. The Morgan fingerprint density at radius 2 is 1.62 bits per heavy atom. The van der Waals surface area contributed by atoms with Crippen LogP contribution in [0.25, 0.3) is 32.9 Å². The number of rotatable bonds is 8. The standard InChI is InChI=1S/C46H57F3N8O7/c1-27-23-36(57(26-27)41(58)38(53-44(61)62)28-13-21-63-22-14-28)40-51-35-10-6-30-24-29(5-8-34(30)39(35)52-40)33-9-7-31(25-37(33)64-46(47,48)49)50-43(60)56-19-17-54(18-20-56)32-11-15-55(16-12-32)42(59)45(2,3)4/h5-10,24-25,27-28,32,36,38,53H,11-23,26H2,1-4H3,(H,50,60)(H,51,52)(H,61,62)/t27-,36-,38?/m0/s1. The summed E-state index contributed by atoms with van der Waals surface area (Å²) in [5.74, 6) is -0.0972. The van der Waals surface area contributed by atoms with Crippen LogP contribution in [-0.4, -0.2) is 136 Å². The quantitative estimate of drug-likeness (QED) is 0.140. The molecule has 5 amide bonds. The van der Waals surface area contributed by atoms with Crippen LogP contribution in [-0.2, 0) is 14.3 Å². The highest BCUT2D eigenvalue weighted by Gasteiger charge is 2.42. The number of aromatic nitrogens is 2. The molecule has 18 heteroatoms. The second-order valence-corrected chi connectivity index (χ2v) is 18.7. The van der Waals surface area contributed by atoms with E-state index in [-0.39, 0.29) is 34.9 Å². The van der Waals surface area contributed by atoms with Crippen molar-refractivity contribution in [1.29, 1.82) is 0 Å². The van der Waals surface area contributed by atoms with Gasteiger partial charge in [0.25, 0.3) is 0 Å². The minimum absolute atomic E-state index is 0.137. The molecule has 0 spiro atoms. The number of aromatic amines is 1. The molecule has 4 aliphatic rings. The van der Waals surface area contributed by atoms with E-state index in [1.165, 1.54) is 12.1 Å². The summed E-state index contributed by atoms with van der Waals surface area (Å²) in [5.41, 5.74) is 1.70. The van der Waals surface area contributed by atoms with Crippen molar-refractivity contribution in [1.82, 2.24) is 34.9 Å². The number of imidazole rings is 1. The Balaban J connectivity index is 0.964. The third kappa shape index (κ3) is 9.87. The zero-order valence-corrected chi connectivity index (χ0v) is 36.7. The predicted molar refractivity (Wildman–Crippen MR) is 234 cm³/mol. The molecule has 15 nitrogen and oxygen atoms in total. The smallest absolute Gasteiger partial charge is 0.465 e. The molecule has 4 saturated heterocycles. The molecule has 5 heterocycles. The Hall–Kier alpha value is -5.62. The van der Waals surface area contributed by atoms with Crippen molar-refractivity contribution in [2.75, 3.05) is 64.3 Å². The van der Waals surface area contributed by atoms with Gasteiger partial charge in [0.05, 0.1) is 17.1 Å². The first-order chi connectivity index (χ1) is 30.4. The number of fused-ring (bicyclic) bond motifs is 3. The van der Waals surface area contributed by atoms with Crippen LogP contribution >= 0.6 is 0 Å². The number of carbonyl (C=O) groups is 4. The Morgan fingerprint density at radius 3 is 2.30 bits per heavy atom. The van der Waals surface area contributed by atoms with Gasteiger partial charge in [-0.1, -0.05) is 45.9 Å². The van der Waals surface area contributed by atoms with E-state index in [0.717, 1.165) is 18.2 Å². The highest BCUT2D eigenvalue weighted by molar-refractivity contribution is 6.05. The van der Waals surface area contributed by atoms with Gasteiger partial charge in [0.1, 0.15) is 17.6 Å². The first-order valence-electron chi connectivity index (χ1n) is 22.2. The number of piperazine rings is 1. The molecular formula is C46H57F3N8O7. The molecule has 0 saturated carbocycles. The number of ether oxygens (including phenoxy) is 2. The molecular weight excluding hydrogens is 834 g/mol. The molecule has 0 bridgehead atoms. The minimum atomic E-state index is -5.00. The summed E-state index contributed by atoms with van der Waals surface area (Å²) < 4.78 is 51.6. The second-order valence-electron chi connectivity index (χ2n) is 18.7. The molecule has 4 aliphatic heterocycles. The molecule has 64 heavy (non-hydrogen) atoms. The molecule has 344 valence electrons. The van der Waals surface area contributed by atoms with Gasteiger partial charge in [0.15, 0.2) is 0 Å². The van der Waals surface area contributed by atoms with E-state index in [0.29, 0.717) is 112 Å². The molecule has 4 aromatic rings. The van der Waals surface area contributed by atoms with Gasteiger partial charge < -0.3 is 44.9 Å². The molecule has 3 atom stereocenters. The first-order valence-corrected chi connectivity index (χ1v) is 22.2. The third-order valence-corrected chi connectivity index (χ3v) is 13.2. The Kier molecular flexibility index (Phi) is 12.7. The van der Waals surface area contributed by atoms with Crippen LogP contribution in [0.15, 0.2) is 48.5 Å². The lowest BCUT2D eigenvalue weighted by Crippen LogP contribution is -2.56. The number of benzene rings is 3. The SMILES string of the molecule is C[C@H]1C[C@@H](c2nc3c(ccc4cc(-c5ccc(NC(=O)N6CCN(C7CCN(C(=O)C(C)(C)C)CC7)CC6)cc5OC(F)(F)F)ccc43)[nH]2)N(C(=O)C(NC(=O)O)C2CCOCC2)C1. The fourth-order valence-corrected chi connectivity index (χ4v) is 9.89. The van der Waals surface area contributed by atoms with Gasteiger partial charge in [-0.3, -0.25) is 14.5 Å². The van der Waals surface area contributed by atoms with Gasteiger partial charge in [-0.25, -0.2) is 14.6 Å². The van der Waals surface area contributed by atoms with Gasteiger partial charge in [0, 0.05) is 93.2 Å². The number of carbonyl (C=O) groups excluding carboxylic acids is 3. The van der Waals surface area contributed by atoms with Crippen molar-refractivity contribution in [2.45, 2.75) is 84.3 Å². The summed E-state index contributed by atoms with van der Waals surface area (Å²) in [6.07, 6.45) is -2.77. The minimum Gasteiger partial charge on any atom is -0.465 e. The molecule has 0 aliphatic carbocycles. The number of piperidine rings is 1. The number of nitrogens with one attached hydrogen (secondary N) is 3. The molecule has 8 rings (SSSR count). The Morgan fingerprint density at radius 1 is 0.906 bits per heavy atom. The normalized spacial score (nSPS) is 21.3. The summed E-state index contributed by atoms with van der Waals surface area (Å²) in [6, 6.07) is 11.7. The summed E-state index contributed by atoms with van der Waals surface area (Å²) in [7, 11) is 0. The number of nitrogens with zero attached hydrogens (tertiary/aromatic N) is 5. The van der Waals surface area contributed by atoms with Crippen molar-refractivity contribution >= 4 is 51.4 Å². The van der Waals surface area contributed by atoms with E-state index in [4.69, 9.17) is 9.72 Å². The predicted octanol–water partition coefficient (Wildman–Crippen LogP) is 7.44. The van der Waals surface area contributed by atoms with Crippen LogP contribution in [0.1, 0.15) is 71.7 Å². The van der Waals surface area contributed by atoms with E-state index in [1.54, 1.807) is 34.1 Å². The fourth-order valence-electron chi connectivity index (χ4n) is 9.89. The van der Waals surface area contributed by atoms with Gasteiger partial charge in [-0.2, -0.15) is 0 Å². The maximum Gasteiger partial charge on any atom is 0.573 e. The number of alkyl halides is 3. The van der Waals surface area contributed by atoms with Crippen molar-refractivity contribution in [2.24, 2.45) is 17.3 Å². The highest BCUT2D eigenvalue weighted by Crippen LogP contribution is 2.40. The number of carboxylic acid groups (broad SMARTS) is 1. The molecule has 4 N–H and O–H groups in total. The van der Waals surface area contributed by atoms with Crippen LogP contribution in [0.4, 0.5) is 28.4 Å². The van der Waals surface area contributed by atoms with Crippen molar-refractivity contribution in [3.05, 3.63) is 54.4 Å². The van der Waals surface area contributed by atoms with Crippen molar-refractivity contribution in [3.63, 3.8) is 0 Å². The maximum absolute atomic E-state index is 14.1. The lowest BCUT2D eigenvalue weighted by molar-refractivity contribution is -0.274. The Labute approximate surface area is 369 Å². The highest BCUT2D eigenvalue weighted by atomic mass is 19.4. The van der Waals surface area contributed by atoms with Crippen LogP contribution < -0.4 is 15.4 Å². The summed E-state index contributed by atoms with van der Waals surface area (Å²) in [6.45, 7) is 12.8. The van der Waals surface area contributed by atoms with E-state index in [9.17, 15) is 37.5 Å². The second kappa shape index (κ2) is 18.1. The number of urea groups is 1. The lowest BCUT2D eigenvalue weighted by Gasteiger charge is -2.43. The number of amides is 5. The zero-order chi connectivity index (χ0) is 45.5. The van der Waals surface area contributed by atoms with Gasteiger partial charge in [0.2, 0.25) is 11.8 Å². The molecule has 4 fully saturated rings. The Bertz CT molecular complexity index is 2380. The van der Waals surface area contributed by atoms with Crippen molar-refractivity contribution in [3.8, 4) is 16.9 Å². The number of anilines is 1. The van der Waals surface area contributed by atoms with Gasteiger partial charge >= 0.3 is 18.5 Å². The molecule has 0 radical (unpaired) electrons.